The molecule has 0 aliphatic heterocycles. The van der Waals surface area contributed by atoms with Crippen molar-refractivity contribution >= 4 is 15.9 Å². The maximum absolute atomic E-state index is 3.71. The average Bonchev–Trinajstić information content (AvgIpc) is 2.65. The summed E-state index contributed by atoms with van der Waals surface area (Å²) in [5.74, 6) is 1.43. The molecule has 15 heavy (non-hydrogen) atoms. The third-order valence-corrected chi connectivity index (χ3v) is 4.27. The summed E-state index contributed by atoms with van der Waals surface area (Å²) in [7, 11) is 0. The van der Waals surface area contributed by atoms with Gasteiger partial charge in [-0.15, -0.1) is 0 Å². The molecule has 1 aromatic carbocycles. The summed E-state index contributed by atoms with van der Waals surface area (Å²) >= 11 is 3.71. The zero-order valence-electron chi connectivity index (χ0n) is 9.54. The van der Waals surface area contributed by atoms with E-state index in [1.54, 1.807) is 0 Å². The van der Waals surface area contributed by atoms with Crippen LogP contribution in [0, 0.1) is 0 Å². The minimum atomic E-state index is 0.645. The highest BCUT2D eigenvalue weighted by Gasteiger charge is 2.23. The van der Waals surface area contributed by atoms with Gasteiger partial charge in [-0.1, -0.05) is 54.0 Å². The Morgan fingerprint density at radius 1 is 1.13 bits per heavy atom. The van der Waals surface area contributed by atoms with E-state index in [1.807, 2.05) is 0 Å². The fourth-order valence-corrected chi connectivity index (χ4v) is 3.10. The van der Waals surface area contributed by atoms with Crippen molar-refractivity contribution in [3.05, 3.63) is 35.4 Å². The van der Waals surface area contributed by atoms with Gasteiger partial charge in [-0.2, -0.15) is 0 Å². The molecule has 1 aliphatic carbocycles. The largest absolute Gasteiger partial charge is 0.0890 e. The first-order valence-corrected chi connectivity index (χ1v) is 6.82. The molecule has 0 radical (unpaired) electrons. The van der Waals surface area contributed by atoms with Gasteiger partial charge in [-0.05, 0) is 42.2 Å². The van der Waals surface area contributed by atoms with Crippen molar-refractivity contribution in [3.63, 3.8) is 0 Å². The molecule has 2 atom stereocenters. The smallest absolute Gasteiger partial charge is 0.0151 e. The molecule has 0 saturated heterocycles. The highest BCUT2D eigenvalue weighted by Crippen LogP contribution is 2.38. The van der Waals surface area contributed by atoms with Gasteiger partial charge in [0, 0.05) is 4.83 Å². The molecule has 82 valence electrons. The minimum Gasteiger partial charge on any atom is -0.0890 e. The lowest BCUT2D eigenvalue weighted by atomic mass is 9.94. The summed E-state index contributed by atoms with van der Waals surface area (Å²) in [5.41, 5.74) is 2.98. The fourth-order valence-electron chi connectivity index (χ4n) is 2.38. The Morgan fingerprint density at radius 2 is 1.80 bits per heavy atom. The summed E-state index contributed by atoms with van der Waals surface area (Å²) in [5, 5.41) is 0. The second-order valence-corrected chi connectivity index (χ2v) is 6.22. The molecular weight excluding hydrogens is 248 g/mol. The Morgan fingerprint density at radius 3 is 2.27 bits per heavy atom. The van der Waals surface area contributed by atoms with Gasteiger partial charge in [0.1, 0.15) is 0 Å². The lowest BCUT2D eigenvalue weighted by Gasteiger charge is -2.11. The molecule has 0 aromatic heterocycles. The minimum absolute atomic E-state index is 0.645. The van der Waals surface area contributed by atoms with Gasteiger partial charge in [-0.25, -0.2) is 0 Å². The number of hydrogen-bond acceptors (Lipinski definition) is 0. The van der Waals surface area contributed by atoms with Crippen LogP contribution in [0.1, 0.15) is 56.1 Å². The third-order valence-electron chi connectivity index (χ3n) is 3.44. The van der Waals surface area contributed by atoms with Crippen molar-refractivity contribution in [2.24, 2.45) is 0 Å². The van der Waals surface area contributed by atoms with Gasteiger partial charge in [0.15, 0.2) is 0 Å². The van der Waals surface area contributed by atoms with Gasteiger partial charge in [0.2, 0.25) is 0 Å². The second-order valence-electron chi connectivity index (χ2n) is 4.93. The fraction of sp³-hybridized carbons (Fsp3) is 0.571. The maximum atomic E-state index is 3.71. The van der Waals surface area contributed by atoms with Crippen LogP contribution in [0.2, 0.25) is 0 Å². The summed E-state index contributed by atoms with van der Waals surface area (Å²) in [6.07, 6.45) is 3.98. The molecule has 2 rings (SSSR count). The zero-order valence-corrected chi connectivity index (χ0v) is 11.1. The average molecular weight is 267 g/mol. The maximum Gasteiger partial charge on any atom is 0.0151 e. The molecule has 0 heterocycles. The van der Waals surface area contributed by atoms with Gasteiger partial charge < -0.3 is 0 Å². The molecule has 0 spiro atoms. The number of rotatable bonds is 2. The van der Waals surface area contributed by atoms with E-state index in [1.165, 1.54) is 30.4 Å². The van der Waals surface area contributed by atoms with Crippen LogP contribution in [0.4, 0.5) is 0 Å². The standard InChI is InChI=1S/C14H19Br/c1-10(2)11-3-5-12(6-4-11)13-7-8-14(15)9-13/h3-6,10,13-14H,7-9H2,1-2H3. The molecule has 1 fully saturated rings. The quantitative estimate of drug-likeness (QED) is 0.672. The Kier molecular flexibility index (Phi) is 3.50. The first-order chi connectivity index (χ1) is 7.16. The van der Waals surface area contributed by atoms with Crippen molar-refractivity contribution in [1.29, 1.82) is 0 Å². The van der Waals surface area contributed by atoms with E-state index in [-0.39, 0.29) is 0 Å². The van der Waals surface area contributed by atoms with Gasteiger partial charge in [0.05, 0.1) is 0 Å². The molecule has 0 amide bonds. The topological polar surface area (TPSA) is 0 Å². The summed E-state index contributed by atoms with van der Waals surface area (Å²) in [4.78, 5) is 0.743. The molecule has 0 N–H and O–H groups in total. The Hall–Kier alpha value is -0.300. The van der Waals surface area contributed by atoms with Crippen LogP contribution in [0.15, 0.2) is 24.3 Å². The molecule has 1 saturated carbocycles. The molecule has 0 bridgehead atoms. The van der Waals surface area contributed by atoms with E-state index in [4.69, 9.17) is 0 Å². The van der Waals surface area contributed by atoms with Crippen molar-refractivity contribution in [1.82, 2.24) is 0 Å². The Bertz CT molecular complexity index is 313. The predicted octanol–water partition coefficient (Wildman–Crippen LogP) is 4.84. The SMILES string of the molecule is CC(C)c1ccc(C2CCC(Br)C2)cc1. The van der Waals surface area contributed by atoms with Crippen LogP contribution in [0.3, 0.4) is 0 Å². The first-order valence-electron chi connectivity index (χ1n) is 5.90. The van der Waals surface area contributed by atoms with Crippen LogP contribution in [-0.4, -0.2) is 4.83 Å². The van der Waals surface area contributed by atoms with Gasteiger partial charge >= 0.3 is 0 Å². The van der Waals surface area contributed by atoms with E-state index in [0.29, 0.717) is 5.92 Å². The Labute approximate surface area is 101 Å². The Balaban J connectivity index is 2.10. The van der Waals surface area contributed by atoms with Crippen LogP contribution < -0.4 is 0 Å². The molecule has 1 aromatic rings. The van der Waals surface area contributed by atoms with E-state index in [9.17, 15) is 0 Å². The van der Waals surface area contributed by atoms with Crippen molar-refractivity contribution in [2.45, 2.75) is 49.8 Å². The summed E-state index contributed by atoms with van der Waals surface area (Å²) < 4.78 is 0. The summed E-state index contributed by atoms with van der Waals surface area (Å²) in [6.45, 7) is 4.50. The van der Waals surface area contributed by atoms with Crippen LogP contribution in [0.25, 0.3) is 0 Å². The number of halogens is 1. The van der Waals surface area contributed by atoms with Crippen molar-refractivity contribution in [3.8, 4) is 0 Å². The lowest BCUT2D eigenvalue weighted by molar-refractivity contribution is 0.724. The predicted molar refractivity (Wildman–Crippen MR) is 69.8 cm³/mol. The number of alkyl halides is 1. The molecular formula is C14H19Br. The van der Waals surface area contributed by atoms with Crippen LogP contribution >= 0.6 is 15.9 Å². The lowest BCUT2D eigenvalue weighted by Crippen LogP contribution is -1.95. The third kappa shape index (κ3) is 2.63. The van der Waals surface area contributed by atoms with E-state index < -0.39 is 0 Å². The van der Waals surface area contributed by atoms with Crippen molar-refractivity contribution < 1.29 is 0 Å². The highest BCUT2D eigenvalue weighted by molar-refractivity contribution is 9.09. The number of benzene rings is 1. The normalized spacial score (nSPS) is 26.1. The van der Waals surface area contributed by atoms with Crippen LogP contribution in [0.5, 0.6) is 0 Å². The number of hydrogen-bond donors (Lipinski definition) is 0. The van der Waals surface area contributed by atoms with E-state index in [0.717, 1.165) is 10.7 Å². The monoisotopic (exact) mass is 266 g/mol. The molecule has 2 unspecified atom stereocenters. The first kappa shape index (κ1) is 11.2. The molecule has 0 nitrogen and oxygen atoms in total. The highest BCUT2D eigenvalue weighted by atomic mass is 79.9. The van der Waals surface area contributed by atoms with E-state index >= 15 is 0 Å². The zero-order chi connectivity index (χ0) is 10.8. The molecule has 1 heteroatoms. The van der Waals surface area contributed by atoms with Crippen molar-refractivity contribution in [2.75, 3.05) is 0 Å². The molecule has 1 aliphatic rings. The van der Waals surface area contributed by atoms with Gasteiger partial charge in [-0.3, -0.25) is 0 Å². The second kappa shape index (κ2) is 4.69. The van der Waals surface area contributed by atoms with Crippen LogP contribution in [-0.2, 0) is 0 Å². The van der Waals surface area contributed by atoms with Gasteiger partial charge in [0.25, 0.3) is 0 Å². The van der Waals surface area contributed by atoms with E-state index in [2.05, 4.69) is 54.0 Å². The summed E-state index contributed by atoms with van der Waals surface area (Å²) in [6, 6.07) is 9.24.